The highest BCUT2D eigenvalue weighted by Gasteiger charge is 2.27. The van der Waals surface area contributed by atoms with Crippen LogP contribution in [0.4, 0.5) is 4.39 Å². The van der Waals surface area contributed by atoms with E-state index < -0.39 is 5.82 Å². The Balaban J connectivity index is 1.21. The second kappa shape index (κ2) is 8.49. The van der Waals surface area contributed by atoms with E-state index in [1.807, 2.05) is 25.1 Å². The SMILES string of the molecule is CCc1cc(O)c(F)cc1-c1ccc2c(-c3nc4c([nH]3)CN(CC(=O)NC3CCC3)C4)n[nH]c2c1. The molecule has 8 nitrogen and oxygen atoms in total. The van der Waals surface area contributed by atoms with Crippen molar-refractivity contribution in [2.24, 2.45) is 0 Å². The van der Waals surface area contributed by atoms with Gasteiger partial charge in [-0.2, -0.15) is 5.10 Å². The Bertz CT molecular complexity index is 1410. The number of aryl methyl sites for hydroxylation is 1. The lowest BCUT2D eigenvalue weighted by atomic mass is 9.93. The smallest absolute Gasteiger partial charge is 0.234 e. The molecule has 3 heterocycles. The van der Waals surface area contributed by atoms with Gasteiger partial charge in [0.15, 0.2) is 17.4 Å². The highest BCUT2D eigenvalue weighted by Crippen LogP contribution is 2.34. The number of benzene rings is 2. The molecule has 2 aromatic carbocycles. The summed E-state index contributed by atoms with van der Waals surface area (Å²) in [6.45, 7) is 3.63. The molecule has 1 fully saturated rings. The molecule has 9 heteroatoms. The number of hydrogen-bond donors (Lipinski definition) is 4. The summed E-state index contributed by atoms with van der Waals surface area (Å²) in [6, 6.07) is 9.04. The number of aromatic amines is 2. The second-order valence-corrected chi connectivity index (χ2v) is 9.50. The van der Waals surface area contributed by atoms with Crippen molar-refractivity contribution in [2.45, 2.75) is 51.7 Å². The van der Waals surface area contributed by atoms with Gasteiger partial charge in [-0.3, -0.25) is 14.8 Å². The highest BCUT2D eigenvalue weighted by atomic mass is 19.1. The minimum atomic E-state index is -0.637. The fourth-order valence-electron chi connectivity index (χ4n) is 4.99. The van der Waals surface area contributed by atoms with Gasteiger partial charge < -0.3 is 15.4 Å². The molecule has 2 aromatic heterocycles. The van der Waals surface area contributed by atoms with Crippen molar-refractivity contribution in [3.8, 4) is 28.4 Å². The number of fused-ring (bicyclic) bond motifs is 2. The van der Waals surface area contributed by atoms with E-state index in [1.165, 1.54) is 18.6 Å². The molecule has 0 radical (unpaired) electrons. The summed E-state index contributed by atoms with van der Waals surface area (Å²) in [4.78, 5) is 22.5. The Morgan fingerprint density at radius 3 is 2.86 bits per heavy atom. The molecule has 35 heavy (non-hydrogen) atoms. The number of rotatable bonds is 6. The van der Waals surface area contributed by atoms with Gasteiger partial charge in [0.05, 0.1) is 23.4 Å². The molecule has 0 bridgehead atoms. The van der Waals surface area contributed by atoms with Gasteiger partial charge in [-0.15, -0.1) is 0 Å². The third-order valence-electron chi connectivity index (χ3n) is 7.11. The lowest BCUT2D eigenvalue weighted by molar-refractivity contribution is -0.123. The maximum absolute atomic E-state index is 14.1. The van der Waals surface area contributed by atoms with Crippen molar-refractivity contribution in [2.75, 3.05) is 6.54 Å². The zero-order chi connectivity index (χ0) is 24.1. The van der Waals surface area contributed by atoms with E-state index in [0.717, 1.165) is 57.5 Å². The van der Waals surface area contributed by atoms with Gasteiger partial charge in [0.2, 0.25) is 5.91 Å². The lowest BCUT2D eigenvalue weighted by Crippen LogP contribution is -2.43. The van der Waals surface area contributed by atoms with Crippen LogP contribution in [0.15, 0.2) is 30.3 Å². The minimum Gasteiger partial charge on any atom is -0.505 e. The molecular weight excluding hydrogens is 447 g/mol. The van der Waals surface area contributed by atoms with Crippen LogP contribution in [-0.2, 0) is 24.3 Å². The van der Waals surface area contributed by atoms with Crippen molar-refractivity contribution < 1.29 is 14.3 Å². The second-order valence-electron chi connectivity index (χ2n) is 9.50. The van der Waals surface area contributed by atoms with Crippen LogP contribution in [0.2, 0.25) is 0 Å². The van der Waals surface area contributed by atoms with Crippen LogP contribution in [0.5, 0.6) is 5.75 Å². The van der Waals surface area contributed by atoms with Gasteiger partial charge in [-0.25, -0.2) is 9.37 Å². The predicted molar refractivity (Wildman–Crippen MR) is 130 cm³/mol. The van der Waals surface area contributed by atoms with Gasteiger partial charge >= 0.3 is 0 Å². The predicted octanol–water partition coefficient (Wildman–Crippen LogP) is 4.01. The van der Waals surface area contributed by atoms with E-state index in [-0.39, 0.29) is 11.7 Å². The number of nitrogens with one attached hydrogen (secondary N) is 3. The molecule has 4 N–H and O–H groups in total. The van der Waals surface area contributed by atoms with Gasteiger partial charge in [-0.1, -0.05) is 13.0 Å². The number of aromatic hydroxyl groups is 1. The molecule has 0 atom stereocenters. The summed E-state index contributed by atoms with van der Waals surface area (Å²) in [5.74, 6) is -0.201. The molecule has 180 valence electrons. The lowest BCUT2D eigenvalue weighted by Gasteiger charge is -2.27. The maximum Gasteiger partial charge on any atom is 0.234 e. The Labute approximate surface area is 201 Å². The number of halogens is 1. The minimum absolute atomic E-state index is 0.0777. The molecule has 1 saturated carbocycles. The standard InChI is InChI=1S/C26H27FN6O2/c1-2-14-9-23(34)19(27)10-18(14)15-6-7-17-20(8-15)31-32-25(17)26-29-21-11-33(12-22(21)30-26)13-24(35)28-16-4-3-5-16/h6-10,16,34H,2-5,11-13H2,1H3,(H,28,35)(H,29,30)(H,31,32). The van der Waals surface area contributed by atoms with Gasteiger partial charge in [-0.05, 0) is 66.6 Å². The van der Waals surface area contributed by atoms with Gasteiger partial charge in [0.1, 0.15) is 5.69 Å². The summed E-state index contributed by atoms with van der Waals surface area (Å²) in [5.41, 5.74) is 5.96. The molecule has 0 saturated heterocycles. The Hall–Kier alpha value is -3.72. The number of amides is 1. The van der Waals surface area contributed by atoms with Crippen LogP contribution in [-0.4, -0.2) is 48.7 Å². The van der Waals surface area contributed by atoms with Crippen molar-refractivity contribution in [1.29, 1.82) is 0 Å². The van der Waals surface area contributed by atoms with E-state index >= 15 is 0 Å². The summed E-state index contributed by atoms with van der Waals surface area (Å²) < 4.78 is 14.1. The average molecular weight is 475 g/mol. The zero-order valence-electron chi connectivity index (χ0n) is 19.5. The molecule has 4 aromatic rings. The summed E-state index contributed by atoms with van der Waals surface area (Å²) in [5, 5.41) is 21.3. The number of phenolic OH excluding ortho intramolecular Hbond substituents is 1. The topological polar surface area (TPSA) is 110 Å². The van der Waals surface area contributed by atoms with Crippen LogP contribution in [0.25, 0.3) is 33.5 Å². The fraction of sp³-hybridized carbons (Fsp3) is 0.346. The van der Waals surface area contributed by atoms with E-state index in [2.05, 4.69) is 25.4 Å². The van der Waals surface area contributed by atoms with E-state index in [1.54, 1.807) is 0 Å². The first-order valence-corrected chi connectivity index (χ1v) is 12.1. The van der Waals surface area contributed by atoms with Crippen LogP contribution in [0, 0.1) is 5.82 Å². The average Bonchev–Trinajstić information content (AvgIpc) is 3.50. The van der Waals surface area contributed by atoms with E-state index in [4.69, 9.17) is 4.98 Å². The summed E-state index contributed by atoms with van der Waals surface area (Å²) in [6.07, 6.45) is 4.04. The monoisotopic (exact) mass is 474 g/mol. The van der Waals surface area contributed by atoms with Crippen molar-refractivity contribution in [1.82, 2.24) is 30.4 Å². The molecule has 6 rings (SSSR count). The first kappa shape index (κ1) is 21.8. The third kappa shape index (κ3) is 3.95. The van der Waals surface area contributed by atoms with Crippen LogP contribution >= 0.6 is 0 Å². The summed E-state index contributed by atoms with van der Waals surface area (Å²) in [7, 11) is 0. The molecule has 0 unspecified atom stereocenters. The number of nitrogens with zero attached hydrogens (tertiary/aromatic N) is 3. The number of imidazole rings is 1. The molecule has 2 aliphatic rings. The number of aromatic nitrogens is 4. The van der Waals surface area contributed by atoms with Gasteiger partial charge in [0, 0.05) is 24.5 Å². The normalized spacial score (nSPS) is 15.9. The molecule has 1 amide bonds. The quantitative estimate of drug-likeness (QED) is 0.338. The molecular formula is C26H27FN6O2. The Morgan fingerprint density at radius 2 is 2.11 bits per heavy atom. The Morgan fingerprint density at radius 1 is 1.26 bits per heavy atom. The number of phenols is 1. The van der Waals surface area contributed by atoms with Crippen molar-refractivity contribution >= 4 is 16.8 Å². The van der Waals surface area contributed by atoms with Gasteiger partial charge in [0.25, 0.3) is 0 Å². The maximum atomic E-state index is 14.1. The molecule has 0 spiro atoms. The van der Waals surface area contributed by atoms with Crippen molar-refractivity contribution in [3.63, 3.8) is 0 Å². The summed E-state index contributed by atoms with van der Waals surface area (Å²) >= 11 is 0. The number of carbonyl (C=O) groups is 1. The number of hydrogen-bond acceptors (Lipinski definition) is 5. The Kier molecular flexibility index (Phi) is 5.29. The number of H-pyrrole nitrogens is 2. The van der Waals surface area contributed by atoms with Crippen LogP contribution < -0.4 is 5.32 Å². The van der Waals surface area contributed by atoms with E-state index in [0.29, 0.717) is 37.9 Å². The highest BCUT2D eigenvalue weighted by molar-refractivity contribution is 5.94. The van der Waals surface area contributed by atoms with E-state index in [9.17, 15) is 14.3 Å². The number of carbonyl (C=O) groups excluding carboxylic acids is 1. The first-order valence-electron chi connectivity index (χ1n) is 12.1. The van der Waals surface area contributed by atoms with Crippen LogP contribution in [0.1, 0.15) is 43.1 Å². The van der Waals surface area contributed by atoms with Crippen LogP contribution in [0.3, 0.4) is 0 Å². The largest absolute Gasteiger partial charge is 0.505 e. The molecule has 1 aliphatic heterocycles. The third-order valence-corrected chi connectivity index (χ3v) is 7.11. The first-order chi connectivity index (χ1) is 17.0. The molecule has 1 aliphatic carbocycles. The zero-order valence-corrected chi connectivity index (χ0v) is 19.5. The fourth-order valence-corrected chi connectivity index (χ4v) is 4.99. The van der Waals surface area contributed by atoms with Crippen molar-refractivity contribution in [3.05, 3.63) is 53.1 Å².